The lowest BCUT2D eigenvalue weighted by atomic mass is 10.1. The van der Waals surface area contributed by atoms with Gasteiger partial charge in [-0.1, -0.05) is 25.1 Å². The second kappa shape index (κ2) is 5.75. The Bertz CT molecular complexity index is 643. The van der Waals surface area contributed by atoms with Gasteiger partial charge < -0.3 is 9.73 Å². The monoisotopic (exact) mass is 267 g/mol. The summed E-state index contributed by atoms with van der Waals surface area (Å²) in [7, 11) is 0. The van der Waals surface area contributed by atoms with Crippen molar-refractivity contribution in [1.82, 2.24) is 15.1 Å². The molecule has 0 aliphatic carbocycles. The lowest BCUT2D eigenvalue weighted by Gasteiger charge is -2.14. The first kappa shape index (κ1) is 12.7. The molecule has 0 radical (unpaired) electrons. The molecule has 4 nitrogen and oxygen atoms in total. The number of para-hydroxylation sites is 1. The van der Waals surface area contributed by atoms with E-state index in [1.807, 2.05) is 47.3 Å². The van der Waals surface area contributed by atoms with Crippen molar-refractivity contribution in [3.63, 3.8) is 0 Å². The van der Waals surface area contributed by atoms with Crippen LogP contribution in [0.2, 0.25) is 0 Å². The fraction of sp³-hybridized carbons (Fsp3) is 0.188. The van der Waals surface area contributed by atoms with Crippen LogP contribution in [0.1, 0.15) is 24.1 Å². The molecule has 0 fully saturated rings. The van der Waals surface area contributed by atoms with E-state index in [-0.39, 0.29) is 6.04 Å². The summed E-state index contributed by atoms with van der Waals surface area (Å²) >= 11 is 0. The molecule has 2 aromatic heterocycles. The topological polar surface area (TPSA) is 43.0 Å². The second-order valence-electron chi connectivity index (χ2n) is 4.60. The Labute approximate surface area is 118 Å². The van der Waals surface area contributed by atoms with Crippen molar-refractivity contribution in [2.75, 3.05) is 6.54 Å². The first-order valence-electron chi connectivity index (χ1n) is 6.74. The molecule has 102 valence electrons. The van der Waals surface area contributed by atoms with Crippen LogP contribution in [0.4, 0.5) is 0 Å². The van der Waals surface area contributed by atoms with Gasteiger partial charge in [0.2, 0.25) is 0 Å². The summed E-state index contributed by atoms with van der Waals surface area (Å²) in [6.45, 7) is 2.97. The van der Waals surface area contributed by atoms with Gasteiger partial charge in [0, 0.05) is 17.3 Å². The summed E-state index contributed by atoms with van der Waals surface area (Å²) in [5, 5.41) is 7.90. The van der Waals surface area contributed by atoms with E-state index >= 15 is 0 Å². The highest BCUT2D eigenvalue weighted by molar-refractivity contribution is 5.33. The zero-order valence-electron chi connectivity index (χ0n) is 11.4. The average Bonchev–Trinajstić information content (AvgIpc) is 3.17. The van der Waals surface area contributed by atoms with Gasteiger partial charge in [-0.2, -0.15) is 5.10 Å². The molecule has 0 amide bonds. The van der Waals surface area contributed by atoms with Crippen LogP contribution in [0.25, 0.3) is 5.69 Å². The molecule has 1 aromatic carbocycles. The lowest BCUT2D eigenvalue weighted by Crippen LogP contribution is -2.21. The van der Waals surface area contributed by atoms with Gasteiger partial charge in [-0.15, -0.1) is 0 Å². The van der Waals surface area contributed by atoms with Gasteiger partial charge in [0.25, 0.3) is 0 Å². The van der Waals surface area contributed by atoms with Crippen LogP contribution in [0.15, 0.2) is 65.7 Å². The Morgan fingerprint density at radius 2 is 2.05 bits per heavy atom. The zero-order valence-corrected chi connectivity index (χ0v) is 11.4. The SMILES string of the molecule is CCNC(c1ccoc1)c1cnn(-c2ccccc2)c1. The molecule has 0 bridgehead atoms. The van der Waals surface area contributed by atoms with E-state index in [2.05, 4.69) is 23.5 Å². The molecule has 1 N–H and O–H groups in total. The Kier molecular flexibility index (Phi) is 3.65. The first-order chi connectivity index (χ1) is 9.88. The number of nitrogens with zero attached hydrogens (tertiary/aromatic N) is 2. The highest BCUT2D eigenvalue weighted by atomic mass is 16.3. The molecular weight excluding hydrogens is 250 g/mol. The van der Waals surface area contributed by atoms with Crippen LogP contribution < -0.4 is 5.32 Å². The van der Waals surface area contributed by atoms with Crippen LogP contribution in [0.5, 0.6) is 0 Å². The summed E-state index contributed by atoms with van der Waals surface area (Å²) < 4.78 is 7.08. The van der Waals surface area contributed by atoms with Crippen molar-refractivity contribution in [1.29, 1.82) is 0 Å². The largest absolute Gasteiger partial charge is 0.472 e. The van der Waals surface area contributed by atoms with E-state index in [0.717, 1.165) is 23.4 Å². The Morgan fingerprint density at radius 1 is 1.20 bits per heavy atom. The van der Waals surface area contributed by atoms with Crippen LogP contribution >= 0.6 is 0 Å². The maximum Gasteiger partial charge on any atom is 0.0953 e. The van der Waals surface area contributed by atoms with Crippen LogP contribution in [-0.4, -0.2) is 16.3 Å². The normalized spacial score (nSPS) is 12.4. The molecule has 20 heavy (non-hydrogen) atoms. The van der Waals surface area contributed by atoms with Crippen molar-refractivity contribution < 1.29 is 4.42 Å². The van der Waals surface area contributed by atoms with Gasteiger partial charge in [0.05, 0.1) is 30.5 Å². The van der Waals surface area contributed by atoms with Crippen LogP contribution in [0.3, 0.4) is 0 Å². The van der Waals surface area contributed by atoms with Crippen LogP contribution in [0, 0.1) is 0 Å². The molecular formula is C16H17N3O. The van der Waals surface area contributed by atoms with Crippen molar-refractivity contribution in [3.8, 4) is 5.69 Å². The lowest BCUT2D eigenvalue weighted by molar-refractivity contribution is 0.553. The van der Waals surface area contributed by atoms with E-state index < -0.39 is 0 Å². The van der Waals surface area contributed by atoms with E-state index in [9.17, 15) is 0 Å². The Hall–Kier alpha value is -2.33. The summed E-state index contributed by atoms with van der Waals surface area (Å²) in [5.74, 6) is 0. The number of benzene rings is 1. The van der Waals surface area contributed by atoms with E-state index in [1.165, 1.54) is 0 Å². The molecule has 4 heteroatoms. The fourth-order valence-electron chi connectivity index (χ4n) is 2.28. The predicted octanol–water partition coefficient (Wildman–Crippen LogP) is 3.16. The average molecular weight is 267 g/mol. The number of aromatic nitrogens is 2. The molecule has 0 saturated heterocycles. The third-order valence-electron chi connectivity index (χ3n) is 3.24. The first-order valence-corrected chi connectivity index (χ1v) is 6.74. The minimum Gasteiger partial charge on any atom is -0.472 e. The summed E-state index contributed by atoms with van der Waals surface area (Å²) in [4.78, 5) is 0. The molecule has 2 heterocycles. The quantitative estimate of drug-likeness (QED) is 0.772. The van der Waals surface area contributed by atoms with E-state index in [1.54, 1.807) is 12.5 Å². The number of hydrogen-bond acceptors (Lipinski definition) is 3. The van der Waals surface area contributed by atoms with Crippen molar-refractivity contribution >= 4 is 0 Å². The fourth-order valence-corrected chi connectivity index (χ4v) is 2.28. The molecule has 1 unspecified atom stereocenters. The van der Waals surface area contributed by atoms with Crippen molar-refractivity contribution in [2.24, 2.45) is 0 Å². The third-order valence-corrected chi connectivity index (χ3v) is 3.24. The second-order valence-corrected chi connectivity index (χ2v) is 4.60. The Morgan fingerprint density at radius 3 is 2.75 bits per heavy atom. The highest BCUT2D eigenvalue weighted by Crippen LogP contribution is 2.22. The summed E-state index contributed by atoms with van der Waals surface area (Å²) in [6.07, 6.45) is 7.41. The molecule has 3 aromatic rings. The summed E-state index contributed by atoms with van der Waals surface area (Å²) in [5.41, 5.74) is 3.29. The number of furan rings is 1. The molecule has 1 atom stereocenters. The maximum absolute atomic E-state index is 5.19. The maximum atomic E-state index is 5.19. The van der Waals surface area contributed by atoms with E-state index in [4.69, 9.17) is 4.42 Å². The van der Waals surface area contributed by atoms with Crippen molar-refractivity contribution in [2.45, 2.75) is 13.0 Å². The highest BCUT2D eigenvalue weighted by Gasteiger charge is 2.16. The molecule has 0 saturated carbocycles. The van der Waals surface area contributed by atoms with Gasteiger partial charge in [0.1, 0.15) is 0 Å². The molecule has 3 rings (SSSR count). The molecule has 0 aliphatic heterocycles. The number of hydrogen-bond donors (Lipinski definition) is 1. The van der Waals surface area contributed by atoms with Crippen molar-refractivity contribution in [3.05, 3.63) is 72.4 Å². The standard InChI is InChI=1S/C16H17N3O/c1-2-17-16(13-8-9-20-12-13)14-10-18-19(11-14)15-6-4-3-5-7-15/h3-12,16-17H,2H2,1H3. The van der Waals surface area contributed by atoms with E-state index in [0.29, 0.717) is 0 Å². The summed E-state index contributed by atoms with van der Waals surface area (Å²) in [6, 6.07) is 12.2. The number of nitrogens with one attached hydrogen (secondary N) is 1. The minimum atomic E-state index is 0.108. The zero-order chi connectivity index (χ0) is 13.8. The van der Waals surface area contributed by atoms with Gasteiger partial charge in [0.15, 0.2) is 0 Å². The smallest absolute Gasteiger partial charge is 0.0953 e. The van der Waals surface area contributed by atoms with Gasteiger partial charge in [-0.25, -0.2) is 4.68 Å². The van der Waals surface area contributed by atoms with Gasteiger partial charge in [-0.3, -0.25) is 0 Å². The third kappa shape index (κ3) is 2.51. The molecule has 0 spiro atoms. The minimum absolute atomic E-state index is 0.108. The van der Waals surface area contributed by atoms with Gasteiger partial charge in [-0.05, 0) is 24.7 Å². The predicted molar refractivity (Wildman–Crippen MR) is 77.8 cm³/mol. The Balaban J connectivity index is 1.91. The number of rotatable bonds is 5. The molecule has 0 aliphatic rings. The van der Waals surface area contributed by atoms with Crippen LogP contribution in [-0.2, 0) is 0 Å². The van der Waals surface area contributed by atoms with Gasteiger partial charge >= 0.3 is 0 Å².